The van der Waals surface area contributed by atoms with Crippen LogP contribution in [0.25, 0.3) is 0 Å². The summed E-state index contributed by atoms with van der Waals surface area (Å²) in [5, 5.41) is 21.4. The van der Waals surface area contributed by atoms with E-state index in [1.165, 1.54) is 12.4 Å². The molecule has 18 nitrogen and oxygen atoms in total. The van der Waals surface area contributed by atoms with Gasteiger partial charge in [-0.2, -0.15) is 0 Å². The van der Waals surface area contributed by atoms with Gasteiger partial charge in [0.05, 0.1) is 170 Å². The van der Waals surface area contributed by atoms with Gasteiger partial charge in [-0.15, -0.1) is 10.9 Å². The summed E-state index contributed by atoms with van der Waals surface area (Å²) in [5.41, 5.74) is 3.59. The van der Waals surface area contributed by atoms with E-state index in [0.717, 1.165) is 57.9 Å². The van der Waals surface area contributed by atoms with E-state index < -0.39 is 35.7 Å². The Labute approximate surface area is 773 Å². The first-order valence-electron chi connectivity index (χ1n) is 38.9. The fourth-order valence-electron chi connectivity index (χ4n) is 10.5. The largest absolute Gasteiger partial charge is 1.00 e. The third-order valence-electron chi connectivity index (χ3n) is 16.5. The Morgan fingerprint density at radius 1 is 0.293 bits per heavy atom. The summed E-state index contributed by atoms with van der Waals surface area (Å²) in [6.45, 7) is 30.8. The predicted molar refractivity (Wildman–Crippen MR) is 451 cm³/mol. The molecule has 28 heteroatoms. The molecule has 638 valence electrons. The maximum Gasteiger partial charge on any atom is 1.00 e. The van der Waals surface area contributed by atoms with Crippen molar-refractivity contribution in [3.8, 4) is 11.5 Å². The van der Waals surface area contributed by atoms with Crippen LogP contribution in [0.5, 0.6) is 11.5 Å². The minimum absolute atomic E-state index is 0. The van der Waals surface area contributed by atoms with E-state index in [0.29, 0.717) is 159 Å². The van der Waals surface area contributed by atoms with Gasteiger partial charge in [0.2, 0.25) is 0 Å². The first-order chi connectivity index (χ1) is 53.5. The Morgan fingerprint density at radius 2 is 0.448 bits per heavy atom. The zero-order chi connectivity index (χ0) is 82.5. The number of rotatable bonds is 10. The summed E-state index contributed by atoms with van der Waals surface area (Å²) in [4.78, 5) is 9.16. The van der Waals surface area contributed by atoms with Crippen LogP contribution in [-0.4, -0.2) is 206 Å². The molecule has 7 aromatic carbocycles. The van der Waals surface area contributed by atoms with Crippen LogP contribution in [0.15, 0.2) is 180 Å². The first kappa shape index (κ1) is 114. The Kier molecular flexibility index (Phi) is 65.3. The van der Waals surface area contributed by atoms with Crippen molar-refractivity contribution in [2.75, 3.05) is 159 Å². The molecule has 0 bridgehead atoms. The zero-order valence-corrected chi connectivity index (χ0v) is 78.0. The van der Waals surface area contributed by atoms with Gasteiger partial charge in [-0.25, -0.2) is 0 Å². The van der Waals surface area contributed by atoms with Gasteiger partial charge in [-0.1, -0.05) is 267 Å². The van der Waals surface area contributed by atoms with Crippen LogP contribution in [0.1, 0.15) is 165 Å². The fraction of sp³-hybridized carbons (Fsp3) is 0.500. The molecule has 2 heterocycles. The predicted octanol–water partition coefficient (Wildman–Crippen LogP) is 11.1. The summed E-state index contributed by atoms with van der Waals surface area (Å²) in [6, 6.07) is 52.0. The maximum atomic E-state index is 13.5. The van der Waals surface area contributed by atoms with Crippen LogP contribution in [0, 0.1) is 0 Å². The number of para-hydroxylation sites is 2. The molecule has 0 radical (unpaired) electrons. The zero-order valence-electron chi connectivity index (χ0n) is 71.7. The van der Waals surface area contributed by atoms with Crippen molar-refractivity contribution in [3.05, 3.63) is 214 Å². The van der Waals surface area contributed by atoms with Crippen LogP contribution in [0.2, 0.25) is 0 Å². The minimum atomic E-state index is -5.19. The van der Waals surface area contributed by atoms with E-state index in [4.69, 9.17) is 56.8 Å². The van der Waals surface area contributed by atoms with E-state index in [1.54, 1.807) is 41.5 Å². The SMILES string of the molecule is C1COCCOCCOCCOCCOCCO1.C1COCCOCCOCCOCCOCCO1.CC(C)c1cccc(C(C)C)c1N=Cc1cc([B-](F)(F)F)cc(C(C)(C)C)c1O.CC(C)c1cccc(C(C)C)c1N=Cc1cc([B-](F)(F)F)cc(C(C)(C)C)c1O.O.O.[K+].[K+].c1ccccc1.c1ccccc1.c1ccccc1. The molecule has 0 atom stereocenters. The number of ether oxygens (including phenoxy) is 12. The summed E-state index contributed by atoms with van der Waals surface area (Å²) in [6.07, 6.45) is 2.73. The van der Waals surface area contributed by atoms with E-state index in [9.17, 15) is 36.1 Å². The molecule has 0 aromatic heterocycles. The quantitative estimate of drug-likeness (QED) is 0.0736. The number of hydrogen-bond acceptors (Lipinski definition) is 16. The molecule has 2 aliphatic rings. The van der Waals surface area contributed by atoms with Crippen LogP contribution in [0.4, 0.5) is 37.3 Å². The summed E-state index contributed by atoms with van der Waals surface area (Å²) < 4.78 is 145. The monoisotopic (exact) mass is 1680 g/mol. The van der Waals surface area contributed by atoms with Gasteiger partial charge in [-0.05, 0) is 67.9 Å². The smallest absolute Gasteiger partial charge is 0.507 e. The normalized spacial score (nSPS) is 15.2. The van der Waals surface area contributed by atoms with E-state index in [1.807, 2.05) is 146 Å². The van der Waals surface area contributed by atoms with Crippen molar-refractivity contribution < 1.29 is 207 Å². The van der Waals surface area contributed by atoms with E-state index >= 15 is 0 Å². The topological polar surface area (TPSA) is 239 Å². The summed E-state index contributed by atoms with van der Waals surface area (Å²) in [5.74, 6) is 0.541. The molecule has 0 amide bonds. The Balaban J connectivity index is 0. The number of phenols is 2. The molecule has 2 saturated heterocycles. The van der Waals surface area contributed by atoms with Crippen molar-refractivity contribution in [2.45, 2.75) is 131 Å². The Hall–Kier alpha value is -4.10. The van der Waals surface area contributed by atoms with Gasteiger partial charge in [-0.3, -0.25) is 9.98 Å². The van der Waals surface area contributed by atoms with Gasteiger partial charge < -0.3 is 104 Å². The third-order valence-corrected chi connectivity index (χ3v) is 16.5. The fourth-order valence-corrected chi connectivity index (χ4v) is 10.5. The Morgan fingerprint density at radius 3 is 0.578 bits per heavy atom. The second-order valence-corrected chi connectivity index (χ2v) is 29.2. The molecule has 0 saturated carbocycles. The molecule has 2 aliphatic heterocycles. The van der Waals surface area contributed by atoms with E-state index in [-0.39, 0.29) is 171 Å². The number of aliphatic imine (C=N–C) groups is 2. The standard InChI is InChI=1S/2C23H30BF3NO.2C12H24O6.3C6H6.2K.2H2O/c2*1-14(2)18-9-8-10-19(15(3)4)21(18)28-13-16-11-17(24(25,26)27)12-20(22(16)29)23(5,6)7;2*1-2-14-5-6-16-9-10-18-12-11-17-8-7-15-4-3-13-1;3*1-2-4-6-5-3-1;;;;/h2*8-15,29H,1-7H3;2*1-12H2;3*1-6H;;;2*1H2/q2*-1;;;;;;2*+1;;. The summed E-state index contributed by atoms with van der Waals surface area (Å²) >= 11 is 0. The number of halogens is 6. The van der Waals surface area contributed by atoms with Crippen molar-refractivity contribution in [2.24, 2.45) is 9.98 Å². The Bertz CT molecular complexity index is 3080. The van der Waals surface area contributed by atoms with Crippen LogP contribution in [-0.2, 0) is 67.7 Å². The number of nitrogens with zero attached hydrogens (tertiary/aromatic N) is 2. The molecule has 116 heavy (non-hydrogen) atoms. The van der Waals surface area contributed by atoms with Gasteiger partial charge in [0.15, 0.2) is 0 Å². The number of hydrogen-bond donors (Lipinski definition) is 2. The molecular formula is C88H130B2F6K2N2O16. The molecular weight excluding hydrogens is 1550 g/mol. The second-order valence-electron chi connectivity index (χ2n) is 29.2. The molecule has 9 rings (SSSR count). The van der Waals surface area contributed by atoms with E-state index in [2.05, 4.69) is 65.4 Å². The minimum Gasteiger partial charge on any atom is -0.507 e. The van der Waals surface area contributed by atoms with Crippen molar-refractivity contribution in [3.63, 3.8) is 0 Å². The van der Waals surface area contributed by atoms with Crippen molar-refractivity contribution in [1.82, 2.24) is 0 Å². The average molecular weight is 1690 g/mol. The van der Waals surface area contributed by atoms with Crippen molar-refractivity contribution >= 4 is 48.7 Å². The molecule has 2 fully saturated rings. The second kappa shape index (κ2) is 66.5. The van der Waals surface area contributed by atoms with Crippen molar-refractivity contribution in [1.29, 1.82) is 0 Å². The third kappa shape index (κ3) is 51.0. The maximum absolute atomic E-state index is 13.5. The van der Waals surface area contributed by atoms with Crippen LogP contribution >= 0.6 is 0 Å². The number of phenolic OH excluding ortho intramolecular Hbond substituents is 2. The molecule has 7 aromatic rings. The van der Waals surface area contributed by atoms with Gasteiger partial charge in [0.25, 0.3) is 0 Å². The van der Waals surface area contributed by atoms with Gasteiger partial charge in [0, 0.05) is 23.6 Å². The molecule has 6 N–H and O–H groups in total. The van der Waals surface area contributed by atoms with Gasteiger partial charge in [0.1, 0.15) is 11.5 Å². The summed E-state index contributed by atoms with van der Waals surface area (Å²) in [7, 11) is 0. The molecule has 0 aliphatic carbocycles. The first-order valence-corrected chi connectivity index (χ1v) is 38.9. The van der Waals surface area contributed by atoms with Gasteiger partial charge >= 0.3 is 117 Å². The molecule has 0 unspecified atom stereocenters. The average Bonchev–Trinajstić information content (AvgIpc) is 0.789. The van der Waals surface area contributed by atoms with Crippen LogP contribution < -0.4 is 114 Å². The number of aromatic hydroxyl groups is 2. The molecule has 0 spiro atoms. The van der Waals surface area contributed by atoms with Crippen LogP contribution in [0.3, 0.4) is 0 Å². The number of benzene rings is 7.